The molecule has 0 aliphatic heterocycles. The molecule has 0 fully saturated rings. The highest BCUT2D eigenvalue weighted by molar-refractivity contribution is 9.10. The molecule has 0 aliphatic carbocycles. The number of nitrogens with one attached hydrogen (secondary N) is 1. The van der Waals surface area contributed by atoms with E-state index in [1.807, 2.05) is 32.2 Å². The van der Waals surface area contributed by atoms with Crippen molar-refractivity contribution in [1.82, 2.24) is 5.32 Å². The third-order valence-corrected chi connectivity index (χ3v) is 4.25. The van der Waals surface area contributed by atoms with E-state index in [9.17, 15) is 0 Å². The molecule has 0 aromatic heterocycles. The van der Waals surface area contributed by atoms with Gasteiger partial charge in [0.05, 0.1) is 10.0 Å². The Morgan fingerprint density at radius 1 is 1.14 bits per heavy atom. The van der Waals surface area contributed by atoms with E-state index < -0.39 is 0 Å². The fourth-order valence-electron chi connectivity index (χ4n) is 2.11. The van der Waals surface area contributed by atoms with Crippen LogP contribution in [-0.4, -0.2) is 7.05 Å². The van der Waals surface area contributed by atoms with Gasteiger partial charge in [-0.3, -0.25) is 0 Å². The lowest BCUT2D eigenvalue weighted by molar-refractivity contribution is 0.300. The number of ether oxygens (including phenoxy) is 1. The first-order valence-electron chi connectivity index (χ1n) is 6.51. The summed E-state index contributed by atoms with van der Waals surface area (Å²) in [5.74, 6) is 0.902. The monoisotopic (exact) mass is 387 g/mol. The molecule has 2 rings (SSSR count). The summed E-state index contributed by atoms with van der Waals surface area (Å²) in [7, 11) is 1.92. The van der Waals surface area contributed by atoms with Gasteiger partial charge in [0, 0.05) is 16.6 Å². The molecule has 0 amide bonds. The van der Waals surface area contributed by atoms with Crippen LogP contribution < -0.4 is 10.1 Å². The molecule has 0 aliphatic rings. The Bertz CT molecular complexity index is 646. The van der Waals surface area contributed by atoms with Gasteiger partial charge < -0.3 is 10.1 Å². The Morgan fingerprint density at radius 3 is 2.57 bits per heavy atom. The molecule has 0 saturated heterocycles. The number of benzene rings is 2. The van der Waals surface area contributed by atoms with Crippen LogP contribution in [0.1, 0.15) is 16.7 Å². The lowest BCUT2D eigenvalue weighted by Gasteiger charge is -2.15. The molecule has 0 unspecified atom stereocenters. The summed E-state index contributed by atoms with van der Waals surface area (Å²) < 4.78 is 7.04. The van der Waals surface area contributed by atoms with Crippen LogP contribution in [0.3, 0.4) is 0 Å². The maximum Gasteiger partial charge on any atom is 0.127 e. The average Bonchev–Trinajstić information content (AvgIpc) is 2.42. The minimum Gasteiger partial charge on any atom is -0.488 e. The van der Waals surface area contributed by atoms with Gasteiger partial charge in [-0.2, -0.15) is 0 Å². The molecule has 0 heterocycles. The highest BCUT2D eigenvalue weighted by Crippen LogP contribution is 2.29. The normalized spacial score (nSPS) is 10.7. The van der Waals surface area contributed by atoms with Crippen molar-refractivity contribution in [3.63, 3.8) is 0 Å². The van der Waals surface area contributed by atoms with Crippen molar-refractivity contribution >= 4 is 39.1 Å². The molecule has 2 aromatic rings. The Kier molecular flexibility index (Phi) is 5.94. The third kappa shape index (κ3) is 4.36. The number of halogens is 3. The molecule has 1 N–H and O–H groups in total. The minimum atomic E-state index is 0.454. The average molecular weight is 389 g/mol. The van der Waals surface area contributed by atoms with Crippen LogP contribution in [0.25, 0.3) is 0 Å². The molecule has 21 heavy (non-hydrogen) atoms. The van der Waals surface area contributed by atoms with Crippen LogP contribution in [0, 0.1) is 6.92 Å². The highest BCUT2D eigenvalue weighted by Gasteiger charge is 2.09. The zero-order valence-electron chi connectivity index (χ0n) is 11.8. The zero-order valence-corrected chi connectivity index (χ0v) is 14.9. The molecule has 112 valence electrons. The van der Waals surface area contributed by atoms with Gasteiger partial charge >= 0.3 is 0 Å². The number of aryl methyl sites for hydroxylation is 1. The topological polar surface area (TPSA) is 21.3 Å². The van der Waals surface area contributed by atoms with Crippen molar-refractivity contribution in [2.45, 2.75) is 20.1 Å². The molecule has 0 bridgehead atoms. The Hall–Kier alpha value is -0.740. The van der Waals surface area contributed by atoms with Crippen molar-refractivity contribution in [3.05, 3.63) is 61.5 Å². The van der Waals surface area contributed by atoms with Crippen LogP contribution in [0.5, 0.6) is 5.75 Å². The first kappa shape index (κ1) is 16.6. The fourth-order valence-corrected chi connectivity index (χ4v) is 3.05. The first-order chi connectivity index (χ1) is 10.0. The highest BCUT2D eigenvalue weighted by atomic mass is 79.9. The van der Waals surface area contributed by atoms with Crippen molar-refractivity contribution in [2.75, 3.05) is 7.05 Å². The summed E-state index contributed by atoms with van der Waals surface area (Å²) in [5, 5.41) is 4.25. The lowest BCUT2D eigenvalue weighted by atomic mass is 10.1. The third-order valence-electron chi connectivity index (χ3n) is 3.05. The summed E-state index contributed by atoms with van der Waals surface area (Å²) in [4.78, 5) is 0. The summed E-state index contributed by atoms with van der Waals surface area (Å²) >= 11 is 15.5. The van der Waals surface area contributed by atoms with E-state index in [-0.39, 0.29) is 0 Å². The van der Waals surface area contributed by atoms with Gasteiger partial charge in [-0.25, -0.2) is 0 Å². The van der Waals surface area contributed by atoms with Gasteiger partial charge in [-0.05, 0) is 49.4 Å². The maximum atomic E-state index is 6.02. The van der Waals surface area contributed by atoms with E-state index in [0.717, 1.165) is 33.5 Å². The summed E-state index contributed by atoms with van der Waals surface area (Å²) in [6.07, 6.45) is 0. The van der Waals surface area contributed by atoms with E-state index >= 15 is 0 Å². The largest absolute Gasteiger partial charge is 0.488 e. The van der Waals surface area contributed by atoms with Crippen molar-refractivity contribution in [2.24, 2.45) is 0 Å². The van der Waals surface area contributed by atoms with Gasteiger partial charge in [-0.15, -0.1) is 0 Å². The van der Waals surface area contributed by atoms with Crippen molar-refractivity contribution in [3.8, 4) is 5.75 Å². The second-order valence-corrected chi connectivity index (χ2v) is 6.51. The Labute approximate surface area is 143 Å². The summed E-state index contributed by atoms with van der Waals surface area (Å²) in [6.45, 7) is 3.24. The second kappa shape index (κ2) is 7.50. The predicted octanol–water partition coefficient (Wildman–Crippen LogP) is 5.36. The van der Waals surface area contributed by atoms with Crippen LogP contribution in [0.4, 0.5) is 0 Å². The predicted molar refractivity (Wildman–Crippen MR) is 92.4 cm³/mol. The van der Waals surface area contributed by atoms with Gasteiger partial charge in [0.2, 0.25) is 0 Å². The molecular formula is C16H16BrCl2NO. The first-order valence-corrected chi connectivity index (χ1v) is 8.06. The van der Waals surface area contributed by atoms with E-state index in [0.29, 0.717) is 16.7 Å². The Balaban J connectivity index is 2.20. The quantitative estimate of drug-likeness (QED) is 0.743. The molecule has 2 aromatic carbocycles. The zero-order chi connectivity index (χ0) is 15.4. The number of hydrogen-bond acceptors (Lipinski definition) is 2. The van der Waals surface area contributed by atoms with Gasteiger partial charge in [0.25, 0.3) is 0 Å². The number of hydrogen-bond donors (Lipinski definition) is 1. The molecule has 0 spiro atoms. The molecule has 0 saturated carbocycles. The standard InChI is InChI=1S/C16H16BrCl2NO/c1-10-5-13(17)7-12(8-20-2)16(10)21-9-11-3-4-14(18)15(19)6-11/h3-7,20H,8-9H2,1-2H3. The van der Waals surface area contributed by atoms with Crippen molar-refractivity contribution < 1.29 is 4.74 Å². The lowest BCUT2D eigenvalue weighted by Crippen LogP contribution is -2.08. The molecular weight excluding hydrogens is 373 g/mol. The van der Waals surface area contributed by atoms with Gasteiger partial charge in [0.1, 0.15) is 12.4 Å². The SMILES string of the molecule is CNCc1cc(Br)cc(C)c1OCc1ccc(Cl)c(Cl)c1. The second-order valence-electron chi connectivity index (χ2n) is 4.78. The number of rotatable bonds is 5. The van der Waals surface area contributed by atoms with Crippen LogP contribution in [0.15, 0.2) is 34.8 Å². The van der Waals surface area contributed by atoms with Gasteiger partial charge in [0.15, 0.2) is 0 Å². The van der Waals surface area contributed by atoms with E-state index in [1.165, 1.54) is 0 Å². The van der Waals surface area contributed by atoms with Crippen LogP contribution in [0.2, 0.25) is 10.0 Å². The molecule has 0 radical (unpaired) electrons. The smallest absolute Gasteiger partial charge is 0.127 e. The van der Waals surface area contributed by atoms with Crippen LogP contribution in [-0.2, 0) is 13.2 Å². The summed E-state index contributed by atoms with van der Waals surface area (Å²) in [6, 6.07) is 9.64. The summed E-state index contributed by atoms with van der Waals surface area (Å²) in [5.41, 5.74) is 3.20. The van der Waals surface area contributed by atoms with E-state index in [4.69, 9.17) is 27.9 Å². The molecule has 5 heteroatoms. The van der Waals surface area contributed by atoms with Crippen LogP contribution >= 0.6 is 39.1 Å². The Morgan fingerprint density at radius 2 is 1.90 bits per heavy atom. The maximum absolute atomic E-state index is 6.02. The van der Waals surface area contributed by atoms with E-state index in [2.05, 4.69) is 27.3 Å². The molecule has 0 atom stereocenters. The van der Waals surface area contributed by atoms with E-state index in [1.54, 1.807) is 6.07 Å². The van der Waals surface area contributed by atoms with Gasteiger partial charge in [-0.1, -0.05) is 45.2 Å². The fraction of sp³-hybridized carbons (Fsp3) is 0.250. The van der Waals surface area contributed by atoms with Crippen molar-refractivity contribution in [1.29, 1.82) is 0 Å². The minimum absolute atomic E-state index is 0.454. The molecule has 2 nitrogen and oxygen atoms in total.